The number of ether oxygens (including phenoxy) is 1. The molecule has 0 aliphatic carbocycles. The lowest BCUT2D eigenvalue weighted by atomic mass is 10.1. The van der Waals surface area contributed by atoms with Crippen LogP contribution in [0.1, 0.15) is 16.1 Å². The number of hydrogen-bond donors (Lipinski definition) is 1. The number of methoxy groups -OCH3 is 1. The van der Waals surface area contributed by atoms with Crippen molar-refractivity contribution in [1.82, 2.24) is 5.32 Å². The molecule has 122 valence electrons. The molecule has 24 heavy (non-hydrogen) atoms. The predicted molar refractivity (Wildman–Crippen MR) is 88.2 cm³/mol. The highest BCUT2D eigenvalue weighted by Gasteiger charge is 2.14. The van der Waals surface area contributed by atoms with Crippen LogP contribution in [-0.4, -0.2) is 26.0 Å². The Morgan fingerprint density at radius 1 is 1.33 bits per heavy atom. The monoisotopic (exact) mass is 344 g/mol. The molecular weight excluding hydrogens is 332 g/mol. The molecule has 6 nitrogen and oxygen atoms in total. The third kappa shape index (κ3) is 3.65. The highest BCUT2D eigenvalue weighted by atomic mass is 35.5. The number of furan rings is 1. The van der Waals surface area contributed by atoms with Crippen LogP contribution in [0.3, 0.4) is 0 Å². The molecule has 0 radical (unpaired) electrons. The van der Waals surface area contributed by atoms with E-state index in [1.165, 1.54) is 20.2 Å². The quantitative estimate of drug-likeness (QED) is 0.523. The molecule has 2 aromatic rings. The van der Waals surface area contributed by atoms with Gasteiger partial charge in [0.1, 0.15) is 23.2 Å². The summed E-state index contributed by atoms with van der Waals surface area (Å²) < 4.78 is 10.3. The van der Waals surface area contributed by atoms with E-state index < -0.39 is 11.9 Å². The van der Waals surface area contributed by atoms with Crippen molar-refractivity contribution in [2.24, 2.45) is 0 Å². The van der Waals surface area contributed by atoms with Crippen molar-refractivity contribution in [2.75, 3.05) is 14.2 Å². The first-order valence-corrected chi connectivity index (χ1v) is 7.20. The summed E-state index contributed by atoms with van der Waals surface area (Å²) in [4.78, 5) is 23.2. The summed E-state index contributed by atoms with van der Waals surface area (Å²) in [5.74, 6) is -0.271. The first-order valence-electron chi connectivity index (χ1n) is 6.82. The Morgan fingerprint density at radius 2 is 2.08 bits per heavy atom. The number of esters is 1. The van der Waals surface area contributed by atoms with Gasteiger partial charge in [-0.1, -0.05) is 11.6 Å². The van der Waals surface area contributed by atoms with Crippen molar-refractivity contribution in [3.63, 3.8) is 0 Å². The van der Waals surface area contributed by atoms with Crippen molar-refractivity contribution < 1.29 is 18.7 Å². The molecule has 1 heterocycles. The lowest BCUT2D eigenvalue weighted by molar-refractivity contribution is -0.116. The molecule has 2 rings (SSSR count). The lowest BCUT2D eigenvalue weighted by Gasteiger charge is -2.04. The number of halogens is 1. The van der Waals surface area contributed by atoms with Crippen LogP contribution in [-0.2, 0) is 9.53 Å². The topological polar surface area (TPSA) is 92.3 Å². The first kappa shape index (κ1) is 17.3. The highest BCUT2D eigenvalue weighted by Crippen LogP contribution is 2.28. The number of likely N-dealkylation sites (N-methyl/N-ethyl adjacent to an activating group) is 1. The number of benzene rings is 1. The van der Waals surface area contributed by atoms with Crippen LogP contribution < -0.4 is 5.32 Å². The van der Waals surface area contributed by atoms with E-state index >= 15 is 0 Å². The Hall–Kier alpha value is -3.04. The largest absolute Gasteiger partial charge is 0.465 e. The van der Waals surface area contributed by atoms with Crippen LogP contribution in [0.5, 0.6) is 0 Å². The van der Waals surface area contributed by atoms with Gasteiger partial charge in [-0.2, -0.15) is 5.26 Å². The van der Waals surface area contributed by atoms with Gasteiger partial charge >= 0.3 is 5.97 Å². The van der Waals surface area contributed by atoms with Crippen LogP contribution in [0, 0.1) is 11.3 Å². The number of rotatable bonds is 4. The number of carbonyl (C=O) groups excluding carboxylic acids is 2. The molecule has 0 aliphatic rings. The standard InChI is InChI=1S/C17H13ClN2O4/c1-20-16(21)11(9-19)7-12-4-6-15(24-12)10-3-5-14(18)13(8-10)17(22)23-2/h3-8H,1-2H3,(H,20,21)/b11-7+. The maximum absolute atomic E-state index is 11.7. The minimum Gasteiger partial charge on any atom is -0.465 e. The number of nitriles is 1. The maximum atomic E-state index is 11.7. The van der Waals surface area contributed by atoms with Crippen molar-refractivity contribution in [2.45, 2.75) is 0 Å². The van der Waals surface area contributed by atoms with Gasteiger partial charge in [-0.15, -0.1) is 0 Å². The van der Waals surface area contributed by atoms with Crippen LogP contribution in [0.15, 0.2) is 40.3 Å². The molecular formula is C17H13ClN2O4. The number of nitrogens with one attached hydrogen (secondary N) is 1. The number of carbonyl (C=O) groups is 2. The smallest absolute Gasteiger partial charge is 0.339 e. The van der Waals surface area contributed by atoms with Crippen LogP contribution in [0.2, 0.25) is 5.02 Å². The summed E-state index contributed by atoms with van der Waals surface area (Å²) in [6.07, 6.45) is 1.33. The zero-order valence-corrected chi connectivity index (χ0v) is 13.7. The van der Waals surface area contributed by atoms with E-state index in [2.05, 4.69) is 10.1 Å². The second-order valence-electron chi connectivity index (χ2n) is 4.64. The predicted octanol–water partition coefficient (Wildman–Crippen LogP) is 3.04. The van der Waals surface area contributed by atoms with E-state index in [1.54, 1.807) is 36.4 Å². The maximum Gasteiger partial charge on any atom is 0.339 e. The van der Waals surface area contributed by atoms with E-state index in [0.717, 1.165) is 0 Å². The lowest BCUT2D eigenvalue weighted by Crippen LogP contribution is -2.18. The van der Waals surface area contributed by atoms with Crippen LogP contribution in [0.4, 0.5) is 0 Å². The highest BCUT2D eigenvalue weighted by molar-refractivity contribution is 6.33. The van der Waals surface area contributed by atoms with Gasteiger partial charge in [0.25, 0.3) is 5.91 Å². The van der Waals surface area contributed by atoms with Crippen molar-refractivity contribution >= 4 is 29.6 Å². The Morgan fingerprint density at radius 3 is 2.71 bits per heavy atom. The SMILES string of the molecule is CNC(=O)/C(C#N)=C/c1ccc(-c2ccc(Cl)c(C(=O)OC)c2)o1. The van der Waals surface area contributed by atoms with Gasteiger partial charge in [-0.25, -0.2) is 4.79 Å². The van der Waals surface area contributed by atoms with E-state index in [1.807, 2.05) is 0 Å². The normalized spacial score (nSPS) is 10.8. The molecule has 1 N–H and O–H groups in total. The minimum absolute atomic E-state index is 0.0789. The second-order valence-corrected chi connectivity index (χ2v) is 5.04. The van der Waals surface area contributed by atoms with Crippen LogP contribution in [0.25, 0.3) is 17.4 Å². The molecule has 7 heteroatoms. The van der Waals surface area contributed by atoms with Crippen molar-refractivity contribution in [3.8, 4) is 17.4 Å². The molecule has 0 aliphatic heterocycles. The number of amides is 1. The van der Waals surface area contributed by atoms with Crippen LogP contribution >= 0.6 is 11.6 Å². The fourth-order valence-corrected chi connectivity index (χ4v) is 2.15. The summed E-state index contributed by atoms with van der Waals surface area (Å²) in [7, 11) is 2.70. The van der Waals surface area contributed by atoms with Gasteiger partial charge in [0.05, 0.1) is 17.7 Å². The van der Waals surface area contributed by atoms with Gasteiger partial charge in [0, 0.05) is 18.7 Å². The van der Waals surface area contributed by atoms with Gasteiger partial charge in [0.15, 0.2) is 0 Å². The average molecular weight is 345 g/mol. The minimum atomic E-state index is -0.556. The number of hydrogen-bond acceptors (Lipinski definition) is 5. The molecule has 0 saturated heterocycles. The molecule has 0 fully saturated rings. The summed E-state index contributed by atoms with van der Waals surface area (Å²) in [5.41, 5.74) is 0.746. The summed E-state index contributed by atoms with van der Waals surface area (Å²) in [6.45, 7) is 0. The zero-order chi connectivity index (χ0) is 17.7. The average Bonchev–Trinajstić information content (AvgIpc) is 3.07. The Kier molecular flexibility index (Phi) is 5.40. The molecule has 1 aromatic heterocycles. The molecule has 1 amide bonds. The third-order valence-corrected chi connectivity index (χ3v) is 3.49. The zero-order valence-electron chi connectivity index (χ0n) is 12.9. The van der Waals surface area contributed by atoms with Gasteiger partial charge < -0.3 is 14.5 Å². The van der Waals surface area contributed by atoms with E-state index in [-0.39, 0.29) is 16.2 Å². The molecule has 1 aromatic carbocycles. The van der Waals surface area contributed by atoms with Crippen molar-refractivity contribution in [3.05, 3.63) is 52.3 Å². The fourth-order valence-electron chi connectivity index (χ4n) is 1.96. The fraction of sp³-hybridized carbons (Fsp3) is 0.118. The molecule has 0 spiro atoms. The van der Waals surface area contributed by atoms with E-state index in [4.69, 9.17) is 21.3 Å². The molecule has 0 unspecified atom stereocenters. The van der Waals surface area contributed by atoms with Gasteiger partial charge in [-0.3, -0.25) is 4.79 Å². The van der Waals surface area contributed by atoms with E-state index in [0.29, 0.717) is 17.1 Å². The summed E-state index contributed by atoms with van der Waals surface area (Å²) in [6, 6.07) is 9.87. The Labute approximate surface area is 143 Å². The van der Waals surface area contributed by atoms with Crippen molar-refractivity contribution in [1.29, 1.82) is 5.26 Å². The molecule has 0 bridgehead atoms. The molecule has 0 saturated carbocycles. The van der Waals surface area contributed by atoms with Gasteiger partial charge in [0.2, 0.25) is 0 Å². The molecule has 0 atom stereocenters. The third-order valence-electron chi connectivity index (χ3n) is 3.16. The summed E-state index contributed by atoms with van der Waals surface area (Å²) in [5, 5.41) is 11.6. The second kappa shape index (κ2) is 7.49. The summed E-state index contributed by atoms with van der Waals surface area (Å²) >= 11 is 5.98. The first-order chi connectivity index (χ1) is 11.5. The Bertz CT molecular complexity index is 862. The van der Waals surface area contributed by atoms with Gasteiger partial charge in [-0.05, 0) is 30.3 Å². The number of nitrogens with zero attached hydrogens (tertiary/aromatic N) is 1. The van der Waals surface area contributed by atoms with E-state index in [9.17, 15) is 9.59 Å². The Balaban J connectivity index is 2.38.